The third-order valence-corrected chi connectivity index (χ3v) is 4.02. The largest absolute Gasteiger partial charge is 0.479 e. The van der Waals surface area contributed by atoms with Crippen LogP contribution in [0.2, 0.25) is 0 Å². The topological polar surface area (TPSA) is 102 Å². The van der Waals surface area contributed by atoms with E-state index in [2.05, 4.69) is 9.98 Å². The number of rotatable bonds is 4. The molecule has 1 aromatic heterocycles. The van der Waals surface area contributed by atoms with Gasteiger partial charge in [-0.15, -0.1) is 0 Å². The maximum atomic E-state index is 10.7. The summed E-state index contributed by atoms with van der Waals surface area (Å²) in [6.07, 6.45) is 6.69. The number of nitrogens with zero attached hydrogens (tertiary/aromatic N) is 3. The first-order valence-electron chi connectivity index (χ1n) is 8.08. The second-order valence-electron chi connectivity index (χ2n) is 5.80. The molecule has 0 saturated carbocycles. The van der Waals surface area contributed by atoms with Crippen LogP contribution in [-0.2, 0) is 0 Å². The molecule has 1 N–H and O–H groups in total. The molecular formula is C20H13N3O4. The fraction of sp³-hybridized carbons (Fsp3) is 0. The van der Waals surface area contributed by atoms with Crippen LogP contribution >= 0.6 is 0 Å². The van der Waals surface area contributed by atoms with E-state index in [9.17, 15) is 15.2 Å². The van der Waals surface area contributed by atoms with Gasteiger partial charge >= 0.3 is 5.95 Å². The van der Waals surface area contributed by atoms with Crippen molar-refractivity contribution in [2.24, 2.45) is 4.99 Å². The van der Waals surface area contributed by atoms with E-state index in [1.165, 1.54) is 12.1 Å². The number of para-hydroxylation sites is 1. The van der Waals surface area contributed by atoms with Gasteiger partial charge in [-0.2, -0.15) is 0 Å². The van der Waals surface area contributed by atoms with Crippen LogP contribution in [0, 0.1) is 10.1 Å². The van der Waals surface area contributed by atoms with E-state index in [1.807, 2.05) is 24.3 Å². The zero-order chi connectivity index (χ0) is 18.8. The van der Waals surface area contributed by atoms with Gasteiger partial charge in [-0.25, -0.2) is 4.98 Å². The number of nitro groups is 1. The average molecular weight is 359 g/mol. The maximum Gasteiger partial charge on any atom is 0.310 e. The van der Waals surface area contributed by atoms with E-state index in [1.54, 1.807) is 36.6 Å². The second-order valence-corrected chi connectivity index (χ2v) is 5.80. The molecule has 0 saturated heterocycles. The van der Waals surface area contributed by atoms with Crippen LogP contribution in [0.1, 0.15) is 22.7 Å². The molecule has 0 bridgehead atoms. The molecule has 4 rings (SSSR count). The molecular weight excluding hydrogens is 346 g/mol. The number of non-ortho nitro benzene ring substituents is 1. The van der Waals surface area contributed by atoms with Crippen molar-refractivity contribution < 1.29 is 14.4 Å². The second kappa shape index (κ2) is 6.72. The highest BCUT2D eigenvalue weighted by Crippen LogP contribution is 2.33. The summed E-state index contributed by atoms with van der Waals surface area (Å²) in [7, 11) is 0. The standard InChI is InChI=1S/C20H13N3O4/c24-20-18(11-14-12-21-17-4-2-1-3-16(14)17)22-19(27-20)10-7-13-5-8-15(9-6-13)23(25)26/h1-12,24H. The molecule has 0 spiro atoms. The van der Waals surface area contributed by atoms with Crippen LogP contribution in [0.4, 0.5) is 11.4 Å². The normalized spacial score (nSPS) is 14.1. The summed E-state index contributed by atoms with van der Waals surface area (Å²) in [4.78, 5) is 18.8. The van der Waals surface area contributed by atoms with E-state index >= 15 is 0 Å². The molecule has 1 aliphatic heterocycles. The molecule has 0 atom stereocenters. The lowest BCUT2D eigenvalue weighted by Crippen LogP contribution is -1.86. The van der Waals surface area contributed by atoms with E-state index in [0.29, 0.717) is 5.69 Å². The van der Waals surface area contributed by atoms with Gasteiger partial charge in [0.1, 0.15) is 5.69 Å². The smallest absolute Gasteiger partial charge is 0.310 e. The summed E-state index contributed by atoms with van der Waals surface area (Å²) < 4.78 is 5.26. The number of aromatic nitrogens is 1. The number of aromatic hydroxyl groups is 1. The number of aliphatic imine (C=N–C) groups is 1. The Morgan fingerprint density at radius 2 is 1.85 bits per heavy atom. The molecule has 0 unspecified atom stereocenters. The third-order valence-electron chi connectivity index (χ3n) is 4.02. The van der Waals surface area contributed by atoms with Gasteiger partial charge in [-0.05, 0) is 35.9 Å². The zero-order valence-electron chi connectivity index (χ0n) is 13.9. The Kier molecular flexibility index (Phi) is 4.10. The minimum Gasteiger partial charge on any atom is -0.479 e. The first-order valence-corrected chi connectivity index (χ1v) is 8.08. The van der Waals surface area contributed by atoms with Crippen molar-refractivity contribution in [2.45, 2.75) is 0 Å². The number of benzene rings is 2. The minimum atomic E-state index is -0.454. The number of oxazole rings is 1. The highest BCUT2D eigenvalue weighted by molar-refractivity contribution is 6.21. The molecule has 2 aromatic carbocycles. The molecule has 0 fully saturated rings. The number of hydrogen-bond donors (Lipinski definition) is 1. The van der Waals surface area contributed by atoms with E-state index < -0.39 is 4.92 Å². The Labute approximate surface area is 153 Å². The molecule has 2 heterocycles. The van der Waals surface area contributed by atoms with Crippen molar-refractivity contribution in [3.8, 4) is 5.95 Å². The Morgan fingerprint density at radius 3 is 2.63 bits per heavy atom. The average Bonchev–Trinajstić information content (AvgIpc) is 3.24. The van der Waals surface area contributed by atoms with Gasteiger partial charge in [0.05, 0.1) is 10.6 Å². The van der Waals surface area contributed by atoms with E-state index in [0.717, 1.165) is 22.4 Å². The highest BCUT2D eigenvalue weighted by atomic mass is 16.6. The van der Waals surface area contributed by atoms with Crippen molar-refractivity contribution in [2.75, 3.05) is 0 Å². The molecule has 1 aliphatic rings. The van der Waals surface area contributed by atoms with Crippen molar-refractivity contribution in [1.29, 1.82) is 0 Å². The van der Waals surface area contributed by atoms with Crippen LogP contribution in [0.25, 0.3) is 23.8 Å². The highest BCUT2D eigenvalue weighted by Gasteiger charge is 2.14. The molecule has 3 aromatic rings. The number of nitro benzene ring substituents is 1. The maximum absolute atomic E-state index is 10.7. The Morgan fingerprint density at radius 1 is 1.07 bits per heavy atom. The lowest BCUT2D eigenvalue weighted by molar-refractivity contribution is -0.384. The summed E-state index contributed by atoms with van der Waals surface area (Å²) in [5.41, 5.74) is 3.73. The molecule has 0 radical (unpaired) electrons. The molecule has 7 nitrogen and oxygen atoms in total. The van der Waals surface area contributed by atoms with Crippen LogP contribution in [0.15, 0.2) is 57.9 Å². The minimum absolute atomic E-state index is 0.0216. The van der Waals surface area contributed by atoms with E-state index in [4.69, 9.17) is 4.42 Å². The summed E-state index contributed by atoms with van der Waals surface area (Å²) in [5.74, 6) is -0.0652. The van der Waals surface area contributed by atoms with Gasteiger partial charge in [0.2, 0.25) is 5.89 Å². The van der Waals surface area contributed by atoms with Crippen molar-refractivity contribution in [1.82, 2.24) is 4.98 Å². The molecule has 132 valence electrons. The molecule has 0 amide bonds. The summed E-state index contributed by atoms with van der Waals surface area (Å²) in [6.45, 7) is 0. The quantitative estimate of drug-likeness (QED) is 0.536. The fourth-order valence-electron chi connectivity index (χ4n) is 2.68. The number of allylic oxidation sites excluding steroid dienone is 1. The first-order chi connectivity index (χ1) is 13.1. The Hall–Kier alpha value is -4.00. The van der Waals surface area contributed by atoms with Gasteiger partial charge in [-0.3, -0.25) is 15.1 Å². The Bertz CT molecular complexity index is 1110. The van der Waals surface area contributed by atoms with E-state index in [-0.39, 0.29) is 17.5 Å². The van der Waals surface area contributed by atoms with Gasteiger partial charge in [0.15, 0.2) is 0 Å². The SMILES string of the molecule is O=[N+]([O-])c1ccc(C=Cc2nc(C=C3C=Nc4ccccc43)c(O)o2)cc1. The number of hydrogen-bond acceptors (Lipinski definition) is 6. The van der Waals surface area contributed by atoms with Gasteiger partial charge < -0.3 is 9.52 Å². The number of fused-ring (bicyclic) bond motifs is 1. The van der Waals surface area contributed by atoms with Crippen LogP contribution in [0.3, 0.4) is 0 Å². The zero-order valence-corrected chi connectivity index (χ0v) is 13.9. The predicted molar refractivity (Wildman–Crippen MR) is 103 cm³/mol. The monoisotopic (exact) mass is 359 g/mol. The third kappa shape index (κ3) is 3.38. The van der Waals surface area contributed by atoms with Crippen LogP contribution < -0.4 is 0 Å². The lowest BCUT2D eigenvalue weighted by atomic mass is 10.1. The van der Waals surface area contributed by atoms with Crippen LogP contribution in [0.5, 0.6) is 5.95 Å². The lowest BCUT2D eigenvalue weighted by Gasteiger charge is -1.97. The fourth-order valence-corrected chi connectivity index (χ4v) is 2.68. The predicted octanol–water partition coefficient (Wildman–Crippen LogP) is 4.72. The molecule has 27 heavy (non-hydrogen) atoms. The molecule has 7 heteroatoms. The van der Waals surface area contributed by atoms with Gasteiger partial charge in [0, 0.05) is 35.6 Å². The first kappa shape index (κ1) is 16.5. The summed E-state index contributed by atoms with van der Waals surface area (Å²) >= 11 is 0. The van der Waals surface area contributed by atoms with Gasteiger partial charge in [-0.1, -0.05) is 18.2 Å². The summed E-state index contributed by atoms with van der Waals surface area (Å²) in [6, 6.07) is 13.8. The van der Waals surface area contributed by atoms with Crippen LogP contribution in [-0.4, -0.2) is 21.2 Å². The molecule has 0 aliphatic carbocycles. The van der Waals surface area contributed by atoms with Crippen molar-refractivity contribution in [3.63, 3.8) is 0 Å². The summed E-state index contributed by atoms with van der Waals surface area (Å²) in [5, 5.41) is 20.7. The van der Waals surface area contributed by atoms with Gasteiger partial charge in [0.25, 0.3) is 5.69 Å². The Balaban J connectivity index is 1.56. The van der Waals surface area contributed by atoms with Crippen molar-refractivity contribution in [3.05, 3.63) is 81.4 Å². The van der Waals surface area contributed by atoms with Crippen molar-refractivity contribution >= 4 is 41.4 Å².